The van der Waals surface area contributed by atoms with Crippen LogP contribution in [0.15, 0.2) is 59.5 Å². The van der Waals surface area contributed by atoms with E-state index < -0.39 is 17.6 Å². The predicted octanol–water partition coefficient (Wildman–Crippen LogP) is 7.61. The quantitative estimate of drug-likeness (QED) is 0.244. The second-order valence-electron chi connectivity index (χ2n) is 7.19. The van der Waals surface area contributed by atoms with Gasteiger partial charge >= 0.3 is 11.9 Å². The topological polar surface area (TPSA) is 59.1 Å². The van der Waals surface area contributed by atoms with Gasteiger partial charge in [0, 0.05) is 28.3 Å². The lowest BCUT2D eigenvalue weighted by Gasteiger charge is -2.15. The third-order valence-electron chi connectivity index (χ3n) is 4.42. The molecule has 3 rings (SSSR count). The number of nitrogens with one attached hydrogen (secondary N) is 2. The van der Waals surface area contributed by atoms with Crippen molar-refractivity contribution in [1.82, 2.24) is 9.97 Å². The van der Waals surface area contributed by atoms with Gasteiger partial charge in [0.2, 0.25) is 5.95 Å². The lowest BCUT2D eigenvalue weighted by atomic mass is 10.1. The number of halogens is 6. The number of anilines is 3. The standard InChI is InChI=1S/C22H20F6N4OS/c1-3-13(2)29-20-31-18(14-6-4-8-16(10-14)33-21(23,24)25)12-19(32-20)30-15-7-5-9-17(11-15)34-22(26,27)28/h4-13H,3H2,1-2H3,(H2,29,30,31,32)/t13-/m0/s1. The van der Waals surface area contributed by atoms with Gasteiger partial charge in [-0.2, -0.15) is 18.2 Å². The minimum absolute atomic E-state index is 0.00508. The molecule has 34 heavy (non-hydrogen) atoms. The maximum absolute atomic E-state index is 12.7. The smallest absolute Gasteiger partial charge is 0.406 e. The Kier molecular flexibility index (Phi) is 7.80. The molecule has 0 aliphatic heterocycles. The normalized spacial score (nSPS) is 12.8. The number of rotatable bonds is 8. The summed E-state index contributed by atoms with van der Waals surface area (Å²) in [7, 11) is 0. The second kappa shape index (κ2) is 10.4. The first kappa shape index (κ1) is 25.5. The van der Waals surface area contributed by atoms with Crippen molar-refractivity contribution < 1.29 is 31.1 Å². The van der Waals surface area contributed by atoms with Gasteiger partial charge in [0.1, 0.15) is 11.6 Å². The minimum Gasteiger partial charge on any atom is -0.406 e. The third-order valence-corrected chi connectivity index (χ3v) is 5.14. The van der Waals surface area contributed by atoms with Crippen LogP contribution in [0.3, 0.4) is 0 Å². The molecular weight excluding hydrogens is 482 g/mol. The molecule has 12 heteroatoms. The van der Waals surface area contributed by atoms with Crippen molar-refractivity contribution in [3.8, 4) is 17.0 Å². The summed E-state index contributed by atoms with van der Waals surface area (Å²) >= 11 is -0.245. The Balaban J connectivity index is 1.96. The van der Waals surface area contributed by atoms with E-state index in [1.165, 1.54) is 42.5 Å². The van der Waals surface area contributed by atoms with Gasteiger partial charge in [-0.15, -0.1) is 13.2 Å². The maximum Gasteiger partial charge on any atom is 0.573 e. The van der Waals surface area contributed by atoms with Crippen LogP contribution in [0.4, 0.5) is 43.8 Å². The molecule has 1 aromatic heterocycles. The zero-order valence-electron chi connectivity index (χ0n) is 18.0. The van der Waals surface area contributed by atoms with E-state index in [9.17, 15) is 26.3 Å². The van der Waals surface area contributed by atoms with Crippen molar-refractivity contribution in [2.75, 3.05) is 10.6 Å². The van der Waals surface area contributed by atoms with Crippen LogP contribution in [0, 0.1) is 0 Å². The monoisotopic (exact) mass is 502 g/mol. The Bertz CT molecular complexity index is 1120. The molecule has 182 valence electrons. The van der Waals surface area contributed by atoms with Gasteiger partial charge in [0.05, 0.1) is 5.69 Å². The van der Waals surface area contributed by atoms with Gasteiger partial charge in [-0.25, -0.2) is 4.98 Å². The molecule has 1 atom stereocenters. The Morgan fingerprint density at radius 1 is 0.971 bits per heavy atom. The van der Waals surface area contributed by atoms with Crippen molar-refractivity contribution >= 4 is 29.2 Å². The van der Waals surface area contributed by atoms with E-state index in [1.807, 2.05) is 13.8 Å². The highest BCUT2D eigenvalue weighted by molar-refractivity contribution is 8.00. The zero-order chi connectivity index (χ0) is 24.9. The summed E-state index contributed by atoms with van der Waals surface area (Å²) < 4.78 is 80.0. The van der Waals surface area contributed by atoms with E-state index in [4.69, 9.17) is 0 Å². The van der Waals surface area contributed by atoms with E-state index in [1.54, 1.807) is 12.1 Å². The average molecular weight is 502 g/mol. The predicted molar refractivity (Wildman–Crippen MR) is 119 cm³/mol. The fraction of sp³-hybridized carbons (Fsp3) is 0.273. The van der Waals surface area contributed by atoms with Gasteiger partial charge in [-0.05, 0) is 55.4 Å². The first-order valence-corrected chi connectivity index (χ1v) is 10.9. The van der Waals surface area contributed by atoms with E-state index in [0.717, 1.165) is 6.42 Å². The van der Waals surface area contributed by atoms with E-state index in [2.05, 4.69) is 25.3 Å². The number of aromatic nitrogens is 2. The Morgan fingerprint density at radius 3 is 2.38 bits per heavy atom. The molecule has 0 saturated carbocycles. The molecule has 1 heterocycles. The van der Waals surface area contributed by atoms with Gasteiger partial charge in [-0.3, -0.25) is 0 Å². The van der Waals surface area contributed by atoms with Gasteiger partial charge in [-0.1, -0.05) is 25.1 Å². The minimum atomic E-state index is -4.85. The molecule has 0 amide bonds. The van der Waals surface area contributed by atoms with Crippen molar-refractivity contribution in [3.05, 3.63) is 54.6 Å². The van der Waals surface area contributed by atoms with Crippen LogP contribution in [0.1, 0.15) is 20.3 Å². The highest BCUT2D eigenvalue weighted by atomic mass is 32.2. The molecule has 0 fully saturated rings. The van der Waals surface area contributed by atoms with Crippen LogP contribution in [-0.2, 0) is 0 Å². The molecule has 0 saturated heterocycles. The number of ether oxygens (including phenoxy) is 1. The van der Waals surface area contributed by atoms with E-state index in [-0.39, 0.29) is 40.2 Å². The van der Waals surface area contributed by atoms with Crippen molar-refractivity contribution in [2.24, 2.45) is 0 Å². The lowest BCUT2D eigenvalue weighted by molar-refractivity contribution is -0.274. The van der Waals surface area contributed by atoms with Gasteiger partial charge < -0.3 is 15.4 Å². The Labute approximate surface area is 196 Å². The number of benzene rings is 2. The zero-order valence-corrected chi connectivity index (χ0v) is 18.8. The molecular formula is C22H20F6N4OS. The van der Waals surface area contributed by atoms with Gasteiger partial charge in [0.15, 0.2) is 0 Å². The number of alkyl halides is 6. The van der Waals surface area contributed by atoms with Crippen LogP contribution < -0.4 is 15.4 Å². The molecule has 0 spiro atoms. The first-order chi connectivity index (χ1) is 15.9. The largest absolute Gasteiger partial charge is 0.573 e. The molecule has 0 aliphatic rings. The molecule has 2 N–H and O–H groups in total. The van der Waals surface area contributed by atoms with Crippen molar-refractivity contribution in [1.29, 1.82) is 0 Å². The van der Waals surface area contributed by atoms with E-state index in [0.29, 0.717) is 11.3 Å². The molecule has 5 nitrogen and oxygen atoms in total. The fourth-order valence-corrected chi connectivity index (χ4v) is 3.42. The fourth-order valence-electron chi connectivity index (χ4n) is 2.82. The summed E-state index contributed by atoms with van der Waals surface area (Å²) in [6, 6.07) is 12.5. The lowest BCUT2D eigenvalue weighted by Crippen LogP contribution is -2.17. The molecule has 3 aromatic rings. The summed E-state index contributed by atoms with van der Waals surface area (Å²) in [5, 5.41) is 6.04. The van der Waals surface area contributed by atoms with Crippen LogP contribution in [0.5, 0.6) is 5.75 Å². The molecule has 0 unspecified atom stereocenters. The SMILES string of the molecule is CC[C@H](C)Nc1nc(Nc2cccc(SC(F)(F)F)c2)cc(-c2cccc(OC(F)(F)F)c2)n1. The Morgan fingerprint density at radius 2 is 1.71 bits per heavy atom. The van der Waals surface area contributed by atoms with Crippen LogP contribution in [0.2, 0.25) is 0 Å². The summed E-state index contributed by atoms with van der Waals surface area (Å²) in [5.74, 6) is 0.0378. The number of hydrogen-bond acceptors (Lipinski definition) is 6. The van der Waals surface area contributed by atoms with Gasteiger partial charge in [0.25, 0.3) is 0 Å². The second-order valence-corrected chi connectivity index (χ2v) is 8.33. The Hall–Kier alpha value is -3.15. The van der Waals surface area contributed by atoms with Crippen molar-refractivity contribution in [3.63, 3.8) is 0 Å². The molecule has 0 radical (unpaired) electrons. The summed E-state index contributed by atoms with van der Waals surface area (Å²) in [4.78, 5) is 8.73. The van der Waals surface area contributed by atoms with Crippen LogP contribution in [0.25, 0.3) is 11.3 Å². The summed E-state index contributed by atoms with van der Waals surface area (Å²) in [6.45, 7) is 3.85. The van der Waals surface area contributed by atoms with Crippen LogP contribution >= 0.6 is 11.8 Å². The molecule has 0 bridgehead atoms. The number of nitrogens with zero attached hydrogens (tertiary/aromatic N) is 2. The van der Waals surface area contributed by atoms with E-state index >= 15 is 0 Å². The maximum atomic E-state index is 12.7. The van der Waals surface area contributed by atoms with Crippen molar-refractivity contribution in [2.45, 2.75) is 43.1 Å². The highest BCUT2D eigenvalue weighted by Crippen LogP contribution is 2.38. The summed E-state index contributed by atoms with van der Waals surface area (Å²) in [5.41, 5.74) is -3.46. The average Bonchev–Trinajstić information content (AvgIpc) is 2.71. The number of thioether (sulfide) groups is 1. The first-order valence-electron chi connectivity index (χ1n) is 10.0. The summed E-state index contributed by atoms with van der Waals surface area (Å²) in [6.07, 6.45) is -4.10. The molecule has 0 aliphatic carbocycles. The molecule has 2 aromatic carbocycles. The van der Waals surface area contributed by atoms with Crippen LogP contribution in [-0.4, -0.2) is 27.9 Å². The number of hydrogen-bond donors (Lipinski definition) is 2. The third kappa shape index (κ3) is 8.01. The highest BCUT2D eigenvalue weighted by Gasteiger charge is 2.31.